The monoisotopic (exact) mass is 387 g/mol. The zero-order valence-electron chi connectivity index (χ0n) is 14.6. The Hall–Kier alpha value is -3.07. The average molecular weight is 387 g/mol. The molecule has 8 nitrogen and oxygen atoms in total. The number of benzene rings is 2. The number of aryl methyl sites for hydroxylation is 1. The highest BCUT2D eigenvalue weighted by Crippen LogP contribution is 2.37. The molecular weight excluding hydrogens is 370 g/mol. The second-order valence-corrected chi connectivity index (χ2v) is 8.33. The summed E-state index contributed by atoms with van der Waals surface area (Å²) < 4.78 is 33.9. The van der Waals surface area contributed by atoms with Gasteiger partial charge < -0.3 is 14.7 Å². The summed E-state index contributed by atoms with van der Waals surface area (Å²) in [5, 5.41) is 0. The van der Waals surface area contributed by atoms with E-state index in [1.54, 1.807) is 38.1 Å². The zero-order valence-corrected chi connectivity index (χ0v) is 15.5. The molecule has 2 heterocycles. The number of aromatic amines is 2. The highest BCUT2D eigenvalue weighted by atomic mass is 32.2. The standard InChI is InChI=1S/C18H17N3O5S/c1-10-7-12-13(20-18(23)17(22)19-12)8-16(10)27(24,25)21-9-11(2)26-15-6-4-3-5-14(15)21/h3-8,11H,9H2,1-2H3,(H,19,22)(H,20,23)/t11-/m0/s1. The number of ether oxygens (including phenoxy) is 1. The fourth-order valence-electron chi connectivity index (χ4n) is 3.23. The van der Waals surface area contributed by atoms with Crippen LogP contribution in [0.1, 0.15) is 12.5 Å². The lowest BCUT2D eigenvalue weighted by Gasteiger charge is -2.34. The third-order valence-corrected chi connectivity index (χ3v) is 6.39. The lowest BCUT2D eigenvalue weighted by atomic mass is 10.2. The van der Waals surface area contributed by atoms with E-state index >= 15 is 0 Å². The molecule has 140 valence electrons. The van der Waals surface area contributed by atoms with Gasteiger partial charge in [0.2, 0.25) is 0 Å². The average Bonchev–Trinajstić information content (AvgIpc) is 2.61. The van der Waals surface area contributed by atoms with Crippen LogP contribution in [-0.4, -0.2) is 31.0 Å². The molecule has 1 atom stereocenters. The Morgan fingerprint density at radius 2 is 1.70 bits per heavy atom. The molecule has 0 amide bonds. The van der Waals surface area contributed by atoms with Crippen molar-refractivity contribution in [1.29, 1.82) is 0 Å². The fourth-order valence-corrected chi connectivity index (χ4v) is 5.01. The van der Waals surface area contributed by atoms with Crippen LogP contribution < -0.4 is 20.2 Å². The van der Waals surface area contributed by atoms with E-state index in [2.05, 4.69) is 9.97 Å². The maximum Gasteiger partial charge on any atom is 0.314 e. The van der Waals surface area contributed by atoms with Gasteiger partial charge in [-0.05, 0) is 43.7 Å². The van der Waals surface area contributed by atoms with Gasteiger partial charge in [-0.2, -0.15) is 0 Å². The minimum atomic E-state index is -3.91. The van der Waals surface area contributed by atoms with Crippen molar-refractivity contribution in [2.75, 3.05) is 10.8 Å². The van der Waals surface area contributed by atoms with Gasteiger partial charge in [0.15, 0.2) is 0 Å². The number of nitrogens with zero attached hydrogens (tertiary/aromatic N) is 1. The molecule has 9 heteroatoms. The second-order valence-electron chi connectivity index (χ2n) is 6.50. The topological polar surface area (TPSA) is 112 Å². The van der Waals surface area contributed by atoms with Crippen LogP contribution in [0, 0.1) is 6.92 Å². The van der Waals surface area contributed by atoms with Crippen LogP contribution >= 0.6 is 0 Å². The van der Waals surface area contributed by atoms with E-state index < -0.39 is 21.1 Å². The first-order valence-electron chi connectivity index (χ1n) is 8.33. The summed E-state index contributed by atoms with van der Waals surface area (Å²) in [5.74, 6) is 0.496. The van der Waals surface area contributed by atoms with Gasteiger partial charge in [0.05, 0.1) is 28.2 Å². The molecule has 3 aromatic rings. The van der Waals surface area contributed by atoms with Crippen molar-refractivity contribution in [1.82, 2.24) is 9.97 Å². The Morgan fingerprint density at radius 1 is 1.07 bits per heavy atom. The summed E-state index contributed by atoms with van der Waals surface area (Å²) in [6.07, 6.45) is -0.313. The summed E-state index contributed by atoms with van der Waals surface area (Å²) in [7, 11) is -3.91. The number of fused-ring (bicyclic) bond motifs is 2. The summed E-state index contributed by atoms with van der Waals surface area (Å²) in [4.78, 5) is 28.0. The molecule has 0 spiro atoms. The molecular formula is C18H17N3O5S. The van der Waals surface area contributed by atoms with Gasteiger partial charge in [0.1, 0.15) is 11.9 Å². The van der Waals surface area contributed by atoms with Crippen molar-refractivity contribution in [2.45, 2.75) is 24.8 Å². The summed E-state index contributed by atoms with van der Waals surface area (Å²) in [6, 6.07) is 9.85. The SMILES string of the molecule is Cc1cc2[nH]c(=O)c(=O)[nH]c2cc1S(=O)(=O)N1C[C@H](C)Oc2ccccc21. The fraction of sp³-hybridized carbons (Fsp3) is 0.222. The summed E-state index contributed by atoms with van der Waals surface area (Å²) in [6.45, 7) is 3.61. The van der Waals surface area contributed by atoms with Gasteiger partial charge in [-0.25, -0.2) is 8.42 Å². The van der Waals surface area contributed by atoms with Crippen LogP contribution in [0.25, 0.3) is 11.0 Å². The maximum absolute atomic E-state index is 13.4. The van der Waals surface area contributed by atoms with E-state index in [4.69, 9.17) is 4.74 Å². The van der Waals surface area contributed by atoms with Crippen LogP contribution in [0.2, 0.25) is 0 Å². The first-order valence-corrected chi connectivity index (χ1v) is 9.77. The van der Waals surface area contributed by atoms with E-state index in [-0.39, 0.29) is 23.1 Å². The van der Waals surface area contributed by atoms with Gasteiger partial charge in [-0.3, -0.25) is 13.9 Å². The van der Waals surface area contributed by atoms with Gasteiger partial charge in [0.25, 0.3) is 10.0 Å². The predicted octanol–water partition coefficient (Wildman–Crippen LogP) is 1.50. The van der Waals surface area contributed by atoms with E-state index in [0.717, 1.165) is 0 Å². The molecule has 0 saturated carbocycles. The maximum atomic E-state index is 13.4. The van der Waals surface area contributed by atoms with E-state index in [0.29, 0.717) is 22.5 Å². The summed E-state index contributed by atoms with van der Waals surface area (Å²) >= 11 is 0. The molecule has 0 bridgehead atoms. The van der Waals surface area contributed by atoms with E-state index in [1.165, 1.54) is 16.4 Å². The number of sulfonamides is 1. The number of hydrogen-bond acceptors (Lipinski definition) is 5. The van der Waals surface area contributed by atoms with Crippen LogP contribution in [0.4, 0.5) is 5.69 Å². The number of rotatable bonds is 2. The van der Waals surface area contributed by atoms with Crippen LogP contribution in [0.5, 0.6) is 5.75 Å². The number of para-hydroxylation sites is 2. The van der Waals surface area contributed by atoms with Gasteiger partial charge in [-0.1, -0.05) is 12.1 Å². The number of nitrogens with one attached hydrogen (secondary N) is 2. The number of aromatic nitrogens is 2. The van der Waals surface area contributed by atoms with Crippen molar-refractivity contribution in [3.63, 3.8) is 0 Å². The Bertz CT molecular complexity index is 1280. The van der Waals surface area contributed by atoms with Crippen molar-refractivity contribution >= 4 is 26.7 Å². The van der Waals surface area contributed by atoms with Crippen molar-refractivity contribution in [3.8, 4) is 5.75 Å². The Labute approximate surface area is 154 Å². The zero-order chi connectivity index (χ0) is 19.3. The smallest absolute Gasteiger partial charge is 0.314 e. The Kier molecular flexibility index (Phi) is 3.84. The molecule has 4 rings (SSSR count). The molecule has 0 fully saturated rings. The first-order chi connectivity index (χ1) is 12.8. The predicted molar refractivity (Wildman–Crippen MR) is 101 cm³/mol. The third-order valence-electron chi connectivity index (χ3n) is 4.47. The molecule has 1 aromatic heterocycles. The van der Waals surface area contributed by atoms with Gasteiger partial charge in [0, 0.05) is 0 Å². The van der Waals surface area contributed by atoms with Crippen LogP contribution in [0.3, 0.4) is 0 Å². The number of H-pyrrole nitrogens is 2. The lowest BCUT2D eigenvalue weighted by molar-refractivity contribution is 0.219. The Balaban J connectivity index is 1.92. The second kappa shape index (κ2) is 5.98. The van der Waals surface area contributed by atoms with E-state index in [1.807, 2.05) is 0 Å². The molecule has 0 radical (unpaired) electrons. The highest BCUT2D eigenvalue weighted by molar-refractivity contribution is 7.93. The van der Waals surface area contributed by atoms with E-state index in [9.17, 15) is 18.0 Å². The molecule has 0 unspecified atom stereocenters. The molecule has 2 N–H and O–H groups in total. The van der Waals surface area contributed by atoms with Gasteiger partial charge >= 0.3 is 11.1 Å². The van der Waals surface area contributed by atoms with Gasteiger partial charge in [-0.15, -0.1) is 0 Å². The molecule has 0 aliphatic carbocycles. The molecule has 27 heavy (non-hydrogen) atoms. The quantitative estimate of drug-likeness (QED) is 0.647. The normalized spacial score (nSPS) is 16.8. The molecule has 1 aliphatic heterocycles. The Morgan fingerprint density at radius 3 is 2.41 bits per heavy atom. The third kappa shape index (κ3) is 2.80. The largest absolute Gasteiger partial charge is 0.487 e. The van der Waals surface area contributed by atoms with Crippen molar-refractivity contribution in [3.05, 3.63) is 62.7 Å². The van der Waals surface area contributed by atoms with Crippen LogP contribution in [0.15, 0.2) is 50.9 Å². The first kappa shape index (κ1) is 17.3. The minimum Gasteiger partial charge on any atom is -0.487 e. The highest BCUT2D eigenvalue weighted by Gasteiger charge is 2.33. The molecule has 2 aromatic carbocycles. The van der Waals surface area contributed by atoms with Crippen molar-refractivity contribution < 1.29 is 13.2 Å². The number of anilines is 1. The van der Waals surface area contributed by atoms with Crippen LogP contribution in [-0.2, 0) is 10.0 Å². The number of hydrogen-bond donors (Lipinski definition) is 2. The summed E-state index contributed by atoms with van der Waals surface area (Å²) in [5.41, 5.74) is -0.0782. The van der Waals surface area contributed by atoms with Crippen molar-refractivity contribution in [2.24, 2.45) is 0 Å². The minimum absolute atomic E-state index is 0.0570. The molecule has 0 saturated heterocycles. The molecule has 1 aliphatic rings. The lowest BCUT2D eigenvalue weighted by Crippen LogP contribution is -2.42.